The van der Waals surface area contributed by atoms with Gasteiger partial charge in [-0.15, -0.1) is 0 Å². The molecule has 18 heavy (non-hydrogen) atoms. The topological polar surface area (TPSA) is 88.2 Å². The highest BCUT2D eigenvalue weighted by Gasteiger charge is 2.09. The number of nitrogens with zero attached hydrogens (tertiary/aromatic N) is 1. The summed E-state index contributed by atoms with van der Waals surface area (Å²) in [6.07, 6.45) is 1.11. The van der Waals surface area contributed by atoms with Crippen molar-refractivity contribution in [1.29, 1.82) is 0 Å². The number of aromatic nitrogens is 1. The molecular weight excluding hydrogens is 278 g/mol. The van der Waals surface area contributed by atoms with E-state index in [1.54, 1.807) is 7.05 Å². The normalized spacial score (nSPS) is 11.1. The average molecular weight is 292 g/mol. The van der Waals surface area contributed by atoms with Gasteiger partial charge in [0, 0.05) is 25.4 Å². The maximum atomic E-state index is 11.7. The van der Waals surface area contributed by atoms with Gasteiger partial charge in [-0.05, 0) is 12.1 Å². The lowest BCUT2D eigenvalue weighted by atomic mass is 10.2. The van der Waals surface area contributed by atoms with Crippen LogP contribution in [0.25, 0.3) is 0 Å². The second-order valence-electron chi connectivity index (χ2n) is 3.70. The van der Waals surface area contributed by atoms with E-state index in [-0.39, 0.29) is 23.4 Å². The van der Waals surface area contributed by atoms with Gasteiger partial charge < -0.3 is 10.6 Å². The Labute approximate surface area is 111 Å². The fraction of sp³-hybridized carbons (Fsp3) is 0.400. The van der Waals surface area contributed by atoms with E-state index in [1.807, 2.05) is 0 Å². The molecule has 6 nitrogen and oxygen atoms in total. The molecule has 0 atom stereocenters. The maximum absolute atomic E-state index is 11.7. The van der Waals surface area contributed by atoms with Crippen LogP contribution in [0, 0.1) is 0 Å². The van der Waals surface area contributed by atoms with Crippen LogP contribution in [0.15, 0.2) is 12.1 Å². The van der Waals surface area contributed by atoms with Crippen molar-refractivity contribution in [2.75, 3.05) is 30.9 Å². The predicted molar refractivity (Wildman–Crippen MR) is 70.8 cm³/mol. The molecule has 0 fully saturated rings. The first-order valence-corrected chi connectivity index (χ1v) is 7.57. The summed E-state index contributed by atoms with van der Waals surface area (Å²) in [5.74, 6) is -0.0219. The van der Waals surface area contributed by atoms with E-state index in [0.717, 1.165) is 6.26 Å². The molecule has 0 saturated heterocycles. The van der Waals surface area contributed by atoms with Crippen LogP contribution in [0.3, 0.4) is 0 Å². The molecular formula is C10H14ClN3O3S. The van der Waals surface area contributed by atoms with Crippen LogP contribution in [-0.2, 0) is 9.84 Å². The molecule has 1 amide bonds. The van der Waals surface area contributed by atoms with Gasteiger partial charge in [0.1, 0.15) is 20.8 Å². The standard InChI is InChI=1S/C10H14ClN3O3S/c1-12-9-6-7(5-8(11)14-9)10(15)13-3-4-18(2,16)17/h5-6H,3-4H2,1-2H3,(H,12,14)(H,13,15). The zero-order valence-corrected chi connectivity index (χ0v) is 11.6. The zero-order chi connectivity index (χ0) is 13.8. The van der Waals surface area contributed by atoms with E-state index in [0.29, 0.717) is 11.4 Å². The summed E-state index contributed by atoms with van der Waals surface area (Å²) >= 11 is 5.75. The van der Waals surface area contributed by atoms with E-state index in [2.05, 4.69) is 15.6 Å². The van der Waals surface area contributed by atoms with Crippen LogP contribution in [0.2, 0.25) is 5.15 Å². The van der Waals surface area contributed by atoms with Gasteiger partial charge in [0.2, 0.25) is 0 Å². The van der Waals surface area contributed by atoms with E-state index < -0.39 is 9.84 Å². The molecule has 0 aromatic carbocycles. The minimum absolute atomic E-state index is 0.0620. The van der Waals surface area contributed by atoms with Crippen molar-refractivity contribution in [3.63, 3.8) is 0 Å². The van der Waals surface area contributed by atoms with Crippen molar-refractivity contribution in [3.05, 3.63) is 22.8 Å². The molecule has 0 bridgehead atoms. The Kier molecular flexibility index (Phi) is 4.92. The van der Waals surface area contributed by atoms with E-state index in [4.69, 9.17) is 11.6 Å². The second-order valence-corrected chi connectivity index (χ2v) is 6.35. The predicted octanol–water partition coefficient (Wildman–Crippen LogP) is 0.551. The Hall–Kier alpha value is -1.34. The van der Waals surface area contributed by atoms with Crippen molar-refractivity contribution >= 4 is 33.2 Å². The Balaban J connectivity index is 2.69. The second kappa shape index (κ2) is 6.01. The quantitative estimate of drug-likeness (QED) is 0.774. The summed E-state index contributed by atoms with van der Waals surface area (Å²) < 4.78 is 21.8. The fourth-order valence-corrected chi connectivity index (χ4v) is 1.89. The first kappa shape index (κ1) is 14.7. The third kappa shape index (κ3) is 4.89. The van der Waals surface area contributed by atoms with Crippen LogP contribution < -0.4 is 10.6 Å². The highest BCUT2D eigenvalue weighted by atomic mass is 35.5. The molecule has 8 heteroatoms. The van der Waals surface area contributed by atoms with Gasteiger partial charge >= 0.3 is 0 Å². The number of hydrogen-bond donors (Lipinski definition) is 2. The number of amides is 1. The van der Waals surface area contributed by atoms with Crippen LogP contribution >= 0.6 is 11.6 Å². The number of carbonyl (C=O) groups excluding carboxylic acids is 1. The van der Waals surface area contributed by atoms with Crippen LogP contribution in [0.1, 0.15) is 10.4 Å². The Morgan fingerprint density at radius 3 is 2.67 bits per heavy atom. The SMILES string of the molecule is CNc1cc(C(=O)NCCS(C)(=O)=O)cc(Cl)n1. The van der Waals surface area contributed by atoms with E-state index in [9.17, 15) is 13.2 Å². The molecule has 1 heterocycles. The van der Waals surface area contributed by atoms with Crippen molar-refractivity contribution in [2.45, 2.75) is 0 Å². The Morgan fingerprint density at radius 1 is 1.44 bits per heavy atom. The number of pyridine rings is 1. The third-order valence-corrected chi connectivity index (χ3v) is 3.21. The molecule has 0 radical (unpaired) electrons. The van der Waals surface area contributed by atoms with Crippen molar-refractivity contribution in [2.24, 2.45) is 0 Å². The lowest BCUT2D eigenvalue weighted by Gasteiger charge is -2.06. The molecule has 0 saturated carbocycles. The summed E-state index contributed by atoms with van der Waals surface area (Å²) in [7, 11) is -1.43. The number of halogens is 1. The largest absolute Gasteiger partial charge is 0.373 e. The number of rotatable bonds is 5. The van der Waals surface area contributed by atoms with Gasteiger partial charge in [-0.25, -0.2) is 13.4 Å². The summed E-state index contributed by atoms with van der Waals surface area (Å²) in [5, 5.41) is 5.46. The van der Waals surface area contributed by atoms with Gasteiger partial charge in [-0.2, -0.15) is 0 Å². The zero-order valence-electron chi connectivity index (χ0n) is 10.0. The van der Waals surface area contributed by atoms with Crippen molar-refractivity contribution in [3.8, 4) is 0 Å². The van der Waals surface area contributed by atoms with Crippen LogP contribution in [-0.4, -0.2) is 44.9 Å². The lowest BCUT2D eigenvalue weighted by molar-refractivity contribution is 0.0956. The summed E-state index contributed by atoms with van der Waals surface area (Å²) in [4.78, 5) is 15.7. The van der Waals surface area contributed by atoms with Crippen molar-refractivity contribution in [1.82, 2.24) is 10.3 Å². The molecule has 1 aromatic heterocycles. The molecule has 1 aromatic rings. The molecule has 2 N–H and O–H groups in total. The number of carbonyl (C=O) groups is 1. The number of nitrogens with one attached hydrogen (secondary N) is 2. The molecule has 0 aliphatic rings. The molecule has 0 aliphatic heterocycles. The third-order valence-electron chi connectivity index (χ3n) is 2.07. The van der Waals surface area contributed by atoms with Gasteiger partial charge in [0.15, 0.2) is 0 Å². The maximum Gasteiger partial charge on any atom is 0.251 e. The summed E-state index contributed by atoms with van der Waals surface area (Å²) in [5.41, 5.74) is 0.327. The first-order chi connectivity index (χ1) is 8.31. The molecule has 100 valence electrons. The average Bonchev–Trinajstić information content (AvgIpc) is 2.26. The van der Waals surface area contributed by atoms with Crippen LogP contribution in [0.4, 0.5) is 5.82 Å². The van der Waals surface area contributed by atoms with Crippen molar-refractivity contribution < 1.29 is 13.2 Å². The smallest absolute Gasteiger partial charge is 0.251 e. The monoisotopic (exact) mass is 291 g/mol. The summed E-state index contributed by atoms with van der Waals surface area (Å²) in [6, 6.07) is 2.94. The van der Waals surface area contributed by atoms with E-state index in [1.165, 1.54) is 12.1 Å². The van der Waals surface area contributed by atoms with Gasteiger partial charge in [-0.3, -0.25) is 4.79 Å². The number of hydrogen-bond acceptors (Lipinski definition) is 5. The molecule has 0 aliphatic carbocycles. The number of anilines is 1. The summed E-state index contributed by atoms with van der Waals surface area (Å²) in [6.45, 7) is 0.0620. The first-order valence-electron chi connectivity index (χ1n) is 5.13. The lowest BCUT2D eigenvalue weighted by Crippen LogP contribution is -2.28. The number of sulfone groups is 1. The minimum Gasteiger partial charge on any atom is -0.373 e. The van der Waals surface area contributed by atoms with Gasteiger partial charge in [0.25, 0.3) is 5.91 Å². The van der Waals surface area contributed by atoms with Gasteiger partial charge in [0.05, 0.1) is 5.75 Å². The Bertz CT molecular complexity index is 545. The van der Waals surface area contributed by atoms with Gasteiger partial charge in [-0.1, -0.05) is 11.6 Å². The fourth-order valence-electron chi connectivity index (χ4n) is 1.21. The van der Waals surface area contributed by atoms with E-state index >= 15 is 0 Å². The highest BCUT2D eigenvalue weighted by Crippen LogP contribution is 2.13. The highest BCUT2D eigenvalue weighted by molar-refractivity contribution is 7.90. The molecule has 1 rings (SSSR count). The van der Waals surface area contributed by atoms with Crippen LogP contribution in [0.5, 0.6) is 0 Å². The molecule has 0 spiro atoms. The Morgan fingerprint density at radius 2 is 2.11 bits per heavy atom. The minimum atomic E-state index is -3.09. The molecule has 0 unspecified atom stereocenters.